The van der Waals surface area contributed by atoms with Gasteiger partial charge in [0, 0.05) is 30.2 Å². The molecule has 0 aromatic carbocycles. The average molecular weight is 335 g/mol. The van der Waals surface area contributed by atoms with Crippen molar-refractivity contribution in [1.82, 2.24) is 0 Å². The predicted octanol–water partition coefficient (Wildman–Crippen LogP) is 0.0238. The van der Waals surface area contributed by atoms with E-state index in [-0.39, 0.29) is 6.04 Å². The molecule has 0 bridgehead atoms. The molecular formula is C8H22O6S2Si2. The molecule has 0 heterocycles. The van der Waals surface area contributed by atoms with Crippen LogP contribution in [0.5, 0.6) is 0 Å². The van der Waals surface area contributed by atoms with Crippen molar-refractivity contribution >= 4 is 39.2 Å². The lowest BCUT2D eigenvalue weighted by Crippen LogP contribution is -2.38. The van der Waals surface area contributed by atoms with Crippen molar-refractivity contribution in [2.45, 2.75) is 31.9 Å². The summed E-state index contributed by atoms with van der Waals surface area (Å²) in [7, 11) is -4.12. The molecule has 0 amide bonds. The van der Waals surface area contributed by atoms with Crippen LogP contribution in [0.15, 0.2) is 0 Å². The van der Waals surface area contributed by atoms with E-state index in [4.69, 9.17) is 18.8 Å². The van der Waals surface area contributed by atoms with Crippen molar-refractivity contribution < 1.29 is 28.4 Å². The maximum atomic E-state index is 9.42. The van der Waals surface area contributed by atoms with Crippen LogP contribution in [-0.2, 0) is 4.43 Å². The van der Waals surface area contributed by atoms with E-state index in [9.17, 15) is 9.59 Å². The van der Waals surface area contributed by atoms with Crippen LogP contribution in [0.4, 0.5) is 0 Å². The molecule has 0 radical (unpaired) electrons. The first kappa shape index (κ1) is 18.9. The van der Waals surface area contributed by atoms with Crippen molar-refractivity contribution in [1.29, 1.82) is 0 Å². The zero-order valence-corrected chi connectivity index (χ0v) is 14.0. The molecule has 5 N–H and O–H groups in total. The van der Waals surface area contributed by atoms with E-state index in [0.717, 1.165) is 11.5 Å². The Bertz CT molecular complexity index is 214. The molecule has 110 valence electrons. The number of hydrogen-bond acceptors (Lipinski definition) is 8. The zero-order chi connectivity index (χ0) is 14.1. The van der Waals surface area contributed by atoms with Crippen LogP contribution in [0, 0.1) is 0 Å². The number of hydrogen-bond donors (Lipinski definition) is 5. The summed E-state index contributed by atoms with van der Waals surface area (Å²) in [5.41, 5.74) is 0. The Morgan fingerprint density at radius 1 is 0.889 bits per heavy atom. The Hall–Kier alpha value is 0.894. The van der Waals surface area contributed by atoms with E-state index >= 15 is 0 Å². The van der Waals surface area contributed by atoms with E-state index in [1.807, 2.05) is 0 Å². The van der Waals surface area contributed by atoms with Crippen molar-refractivity contribution in [2.24, 2.45) is 0 Å². The van der Waals surface area contributed by atoms with Gasteiger partial charge in [-0.25, -0.2) is 0 Å². The number of rotatable bonds is 11. The third-order valence-corrected chi connectivity index (χ3v) is 7.29. The molecule has 6 nitrogen and oxygen atoms in total. The molecule has 0 aromatic heterocycles. The maximum Gasteiger partial charge on any atom is 0.495 e. The summed E-state index contributed by atoms with van der Waals surface area (Å²) in [6.45, 7) is 2.04. The minimum Gasteiger partial charge on any atom is -0.390 e. The van der Waals surface area contributed by atoms with Crippen molar-refractivity contribution in [2.75, 3.05) is 18.1 Å². The zero-order valence-electron chi connectivity index (χ0n) is 10.4. The minimum atomic E-state index is -3.87. The summed E-state index contributed by atoms with van der Waals surface area (Å²) in [6.07, 6.45) is 1.24. The van der Waals surface area contributed by atoms with Crippen LogP contribution < -0.4 is 0 Å². The van der Waals surface area contributed by atoms with Crippen LogP contribution in [-0.4, -0.2) is 59.7 Å². The third kappa shape index (κ3) is 13.3. The smallest absolute Gasteiger partial charge is 0.390 e. The van der Waals surface area contributed by atoms with Crippen LogP contribution in [0.2, 0.25) is 12.1 Å². The van der Waals surface area contributed by atoms with E-state index in [2.05, 4.69) is 0 Å². The van der Waals surface area contributed by atoms with Gasteiger partial charge in [-0.1, -0.05) is 21.6 Å². The molecule has 0 rings (SSSR count). The topological polar surface area (TPSA) is 110 Å². The van der Waals surface area contributed by atoms with Gasteiger partial charge < -0.3 is 28.4 Å². The van der Waals surface area contributed by atoms with Gasteiger partial charge in [0.1, 0.15) is 0 Å². The molecule has 0 aromatic rings. The quantitative estimate of drug-likeness (QED) is 0.204. The Kier molecular flexibility index (Phi) is 10.2. The largest absolute Gasteiger partial charge is 0.495 e. The van der Waals surface area contributed by atoms with E-state index in [1.165, 1.54) is 0 Å². The standard InChI is InChI=1S/C8H22O6S2Si2/c1-2-14-18(12,13)8-4-6-16-15-5-3-7-17(9,10)11/h9-13H,2-8H2,1H3. The van der Waals surface area contributed by atoms with Gasteiger partial charge in [0.2, 0.25) is 0 Å². The molecule has 0 aliphatic rings. The van der Waals surface area contributed by atoms with Gasteiger partial charge in [-0.2, -0.15) is 0 Å². The molecule has 0 spiro atoms. The Labute approximate surface area is 118 Å². The van der Waals surface area contributed by atoms with Gasteiger partial charge in [0.05, 0.1) is 0 Å². The normalized spacial score (nSPS) is 13.0. The Morgan fingerprint density at radius 2 is 1.39 bits per heavy atom. The first-order chi connectivity index (χ1) is 8.27. The van der Waals surface area contributed by atoms with Crippen molar-refractivity contribution in [3.05, 3.63) is 0 Å². The van der Waals surface area contributed by atoms with Crippen LogP contribution in [0.25, 0.3) is 0 Å². The summed E-state index contributed by atoms with van der Waals surface area (Å²) in [6, 6.07) is 0.364. The van der Waals surface area contributed by atoms with Crippen molar-refractivity contribution in [3.8, 4) is 0 Å². The van der Waals surface area contributed by atoms with Crippen LogP contribution in [0.1, 0.15) is 19.8 Å². The summed E-state index contributed by atoms with van der Waals surface area (Å²) in [5, 5.41) is 0. The summed E-state index contributed by atoms with van der Waals surface area (Å²) in [5.74, 6) is 1.51. The van der Waals surface area contributed by atoms with E-state index in [0.29, 0.717) is 25.5 Å². The van der Waals surface area contributed by atoms with Crippen LogP contribution >= 0.6 is 21.6 Å². The van der Waals surface area contributed by atoms with Gasteiger partial charge in [-0.3, -0.25) is 0 Å². The highest BCUT2D eigenvalue weighted by molar-refractivity contribution is 8.76. The van der Waals surface area contributed by atoms with Gasteiger partial charge in [-0.15, -0.1) is 0 Å². The van der Waals surface area contributed by atoms with E-state index in [1.54, 1.807) is 28.5 Å². The second-order valence-corrected chi connectivity index (χ2v) is 10.8. The fourth-order valence-electron chi connectivity index (χ4n) is 1.15. The van der Waals surface area contributed by atoms with Gasteiger partial charge >= 0.3 is 17.6 Å². The Morgan fingerprint density at radius 3 is 1.83 bits per heavy atom. The molecule has 0 atom stereocenters. The highest BCUT2D eigenvalue weighted by atomic mass is 33.1. The lowest BCUT2D eigenvalue weighted by molar-refractivity contribution is 0.155. The van der Waals surface area contributed by atoms with Gasteiger partial charge in [-0.05, 0) is 19.8 Å². The molecule has 0 saturated heterocycles. The Balaban J connectivity index is 3.31. The minimum absolute atomic E-state index is 0.0637. The maximum absolute atomic E-state index is 9.42. The van der Waals surface area contributed by atoms with Gasteiger partial charge in [0.25, 0.3) is 0 Å². The molecule has 10 heteroatoms. The molecular weight excluding hydrogens is 312 g/mol. The SMILES string of the molecule is CCO[Si](O)(O)CCCSSCCC[Si](O)(O)O. The second-order valence-electron chi connectivity index (χ2n) is 3.80. The van der Waals surface area contributed by atoms with Crippen molar-refractivity contribution in [3.63, 3.8) is 0 Å². The lowest BCUT2D eigenvalue weighted by atomic mass is 10.6. The summed E-state index contributed by atoms with van der Waals surface area (Å²) in [4.78, 5) is 45.1. The highest BCUT2D eigenvalue weighted by Crippen LogP contribution is 2.25. The summed E-state index contributed by atoms with van der Waals surface area (Å²) < 4.78 is 4.87. The molecule has 0 fully saturated rings. The highest BCUT2D eigenvalue weighted by Gasteiger charge is 2.30. The predicted molar refractivity (Wildman–Crippen MR) is 78.0 cm³/mol. The molecule has 0 aliphatic heterocycles. The monoisotopic (exact) mass is 334 g/mol. The van der Waals surface area contributed by atoms with Gasteiger partial charge in [0.15, 0.2) is 0 Å². The van der Waals surface area contributed by atoms with E-state index < -0.39 is 17.6 Å². The summed E-state index contributed by atoms with van der Waals surface area (Å²) >= 11 is 0. The first-order valence-electron chi connectivity index (χ1n) is 5.77. The average Bonchev–Trinajstić information content (AvgIpc) is 2.20. The second kappa shape index (κ2) is 9.74. The van der Waals surface area contributed by atoms with Crippen LogP contribution in [0.3, 0.4) is 0 Å². The molecule has 18 heavy (non-hydrogen) atoms. The fourth-order valence-corrected chi connectivity index (χ4v) is 5.73. The lowest BCUT2D eigenvalue weighted by Gasteiger charge is -2.15. The fraction of sp³-hybridized carbons (Fsp3) is 1.00. The first-order valence-corrected chi connectivity index (χ1v) is 12.3. The molecule has 0 unspecified atom stereocenters. The third-order valence-electron chi connectivity index (χ3n) is 1.93. The molecule has 0 aliphatic carbocycles. The molecule has 0 saturated carbocycles.